The zero-order valence-corrected chi connectivity index (χ0v) is 26.9. The fraction of sp³-hybridized carbons (Fsp3) is 0.385. The average molecular weight is 604 g/mol. The number of piperidine rings is 2. The molecule has 2 aromatic heterocycles. The minimum atomic E-state index is 0.618. The van der Waals surface area contributed by atoms with Crippen LogP contribution in [0.2, 0.25) is 0 Å². The summed E-state index contributed by atoms with van der Waals surface area (Å²) in [5.41, 5.74) is 7.50. The zero-order chi connectivity index (χ0) is 30.8. The van der Waals surface area contributed by atoms with Gasteiger partial charge in [-0.2, -0.15) is 0 Å². The van der Waals surface area contributed by atoms with Crippen LogP contribution in [0.5, 0.6) is 11.5 Å². The molecule has 0 spiro atoms. The zero-order valence-electron chi connectivity index (χ0n) is 26.9. The number of benzene rings is 3. The molecule has 234 valence electrons. The molecule has 3 aromatic carbocycles. The standard InChI is InChI=1S/C39H45N3O3/c1-4-33-34-24-29(10-13-35(34)40-39(33)30-11-14-37(43-2)38(25-30)44-3)27-16-22-42(23-17-27)31-18-20-41(21-19-31)26-32-12-15-36(45-32)28-8-6-5-7-9-28/h5-15,24-25,27,31,40H,4,16-23,26H2,1-3H3. The Balaban J connectivity index is 0.959. The quantitative estimate of drug-likeness (QED) is 0.183. The number of fused-ring (bicyclic) bond motifs is 1. The minimum absolute atomic E-state index is 0.618. The first-order valence-corrected chi connectivity index (χ1v) is 16.6. The van der Waals surface area contributed by atoms with Crippen LogP contribution >= 0.6 is 0 Å². The van der Waals surface area contributed by atoms with E-state index in [1.807, 2.05) is 12.1 Å². The van der Waals surface area contributed by atoms with Gasteiger partial charge in [0.15, 0.2) is 11.5 Å². The van der Waals surface area contributed by atoms with E-state index in [0.717, 1.165) is 60.2 Å². The van der Waals surface area contributed by atoms with Crippen LogP contribution in [0.1, 0.15) is 55.4 Å². The summed E-state index contributed by atoms with van der Waals surface area (Å²) < 4.78 is 17.2. The highest BCUT2D eigenvalue weighted by Gasteiger charge is 2.29. The third-order valence-corrected chi connectivity index (χ3v) is 10.1. The second kappa shape index (κ2) is 13.2. The lowest BCUT2D eigenvalue weighted by atomic mass is 9.87. The summed E-state index contributed by atoms with van der Waals surface area (Å²) in [5.74, 6) is 4.15. The number of nitrogens with one attached hydrogen (secondary N) is 1. The van der Waals surface area contributed by atoms with Gasteiger partial charge in [-0.25, -0.2) is 0 Å². The lowest BCUT2D eigenvalue weighted by molar-refractivity contribution is 0.0819. The van der Waals surface area contributed by atoms with Crippen LogP contribution < -0.4 is 9.47 Å². The molecule has 0 radical (unpaired) electrons. The number of likely N-dealkylation sites (tertiary alicyclic amines) is 2. The van der Waals surface area contributed by atoms with Crippen molar-refractivity contribution in [2.75, 3.05) is 40.4 Å². The predicted octanol–water partition coefficient (Wildman–Crippen LogP) is 8.52. The molecule has 0 unspecified atom stereocenters. The highest BCUT2D eigenvalue weighted by Crippen LogP contribution is 2.38. The van der Waals surface area contributed by atoms with E-state index in [-0.39, 0.29) is 0 Å². The molecule has 7 rings (SSSR count). The molecule has 4 heterocycles. The van der Waals surface area contributed by atoms with Crippen molar-refractivity contribution in [2.24, 2.45) is 0 Å². The third-order valence-electron chi connectivity index (χ3n) is 10.1. The number of rotatable bonds is 9. The molecule has 0 saturated carbocycles. The summed E-state index contributed by atoms with van der Waals surface area (Å²) in [6.07, 6.45) is 5.91. The summed E-state index contributed by atoms with van der Waals surface area (Å²) in [6, 6.07) is 28.6. The molecular formula is C39H45N3O3. The molecule has 2 fully saturated rings. The summed E-state index contributed by atoms with van der Waals surface area (Å²) in [6.45, 7) is 7.81. The molecule has 0 atom stereocenters. The molecule has 45 heavy (non-hydrogen) atoms. The SMILES string of the molecule is CCc1c(-c2ccc(OC)c(OC)c2)[nH]c2ccc(C3CCN(C4CCN(Cc5ccc(-c6ccccc6)o5)CC4)CC3)cc12. The molecule has 2 aliphatic rings. The van der Waals surface area contributed by atoms with Gasteiger partial charge in [0.2, 0.25) is 0 Å². The molecule has 2 aliphatic heterocycles. The Morgan fingerprint density at radius 2 is 1.56 bits per heavy atom. The fourth-order valence-electron chi connectivity index (χ4n) is 7.61. The number of ether oxygens (including phenoxy) is 2. The van der Waals surface area contributed by atoms with E-state index in [0.29, 0.717) is 12.0 Å². The maximum absolute atomic E-state index is 6.19. The van der Waals surface area contributed by atoms with Gasteiger partial charge in [0.25, 0.3) is 0 Å². The Morgan fingerprint density at radius 3 is 2.29 bits per heavy atom. The highest BCUT2D eigenvalue weighted by molar-refractivity contribution is 5.91. The first-order chi connectivity index (χ1) is 22.1. The van der Waals surface area contributed by atoms with Gasteiger partial charge >= 0.3 is 0 Å². The van der Waals surface area contributed by atoms with E-state index in [1.165, 1.54) is 66.5 Å². The Kier molecular flexibility index (Phi) is 8.68. The van der Waals surface area contributed by atoms with Crippen LogP contribution in [0.3, 0.4) is 0 Å². The number of hydrogen-bond donors (Lipinski definition) is 1. The average Bonchev–Trinajstić information content (AvgIpc) is 3.73. The maximum Gasteiger partial charge on any atom is 0.161 e. The van der Waals surface area contributed by atoms with Crippen molar-refractivity contribution >= 4 is 10.9 Å². The lowest BCUT2D eigenvalue weighted by Crippen LogP contribution is -2.47. The van der Waals surface area contributed by atoms with E-state index in [1.54, 1.807) is 14.2 Å². The lowest BCUT2D eigenvalue weighted by Gasteiger charge is -2.41. The van der Waals surface area contributed by atoms with Gasteiger partial charge in [0, 0.05) is 46.9 Å². The predicted molar refractivity (Wildman–Crippen MR) is 182 cm³/mol. The van der Waals surface area contributed by atoms with Crippen molar-refractivity contribution in [3.05, 3.63) is 95.7 Å². The summed E-state index contributed by atoms with van der Waals surface area (Å²) in [5, 5.41) is 1.35. The van der Waals surface area contributed by atoms with E-state index < -0.39 is 0 Å². The monoisotopic (exact) mass is 603 g/mol. The van der Waals surface area contributed by atoms with Crippen LogP contribution in [0, 0.1) is 0 Å². The van der Waals surface area contributed by atoms with Gasteiger partial charge in [-0.3, -0.25) is 4.90 Å². The number of methoxy groups -OCH3 is 2. The molecule has 0 aliphatic carbocycles. The fourth-order valence-corrected chi connectivity index (χ4v) is 7.61. The smallest absolute Gasteiger partial charge is 0.161 e. The highest BCUT2D eigenvalue weighted by atomic mass is 16.5. The molecule has 0 amide bonds. The summed E-state index contributed by atoms with van der Waals surface area (Å²) in [4.78, 5) is 9.05. The Bertz CT molecular complexity index is 1720. The van der Waals surface area contributed by atoms with Crippen molar-refractivity contribution in [3.8, 4) is 34.1 Å². The normalized spacial score (nSPS) is 17.2. The second-order valence-corrected chi connectivity index (χ2v) is 12.7. The molecule has 0 bridgehead atoms. The second-order valence-electron chi connectivity index (χ2n) is 12.7. The molecule has 5 aromatic rings. The van der Waals surface area contributed by atoms with Gasteiger partial charge < -0.3 is 23.8 Å². The van der Waals surface area contributed by atoms with E-state index in [4.69, 9.17) is 13.9 Å². The van der Waals surface area contributed by atoms with Crippen LogP contribution in [0.25, 0.3) is 33.5 Å². The van der Waals surface area contributed by atoms with Crippen molar-refractivity contribution in [1.29, 1.82) is 0 Å². The topological polar surface area (TPSA) is 53.9 Å². The van der Waals surface area contributed by atoms with E-state index in [2.05, 4.69) is 88.4 Å². The summed E-state index contributed by atoms with van der Waals surface area (Å²) in [7, 11) is 3.37. The Labute approximate surface area is 266 Å². The molecule has 6 heteroatoms. The number of aromatic amines is 1. The van der Waals surface area contributed by atoms with Gasteiger partial charge in [0.05, 0.1) is 20.8 Å². The largest absolute Gasteiger partial charge is 0.493 e. The Hall–Kier alpha value is -4.00. The minimum Gasteiger partial charge on any atom is -0.493 e. The van der Waals surface area contributed by atoms with Gasteiger partial charge in [-0.15, -0.1) is 0 Å². The van der Waals surface area contributed by atoms with Crippen molar-refractivity contribution in [3.63, 3.8) is 0 Å². The van der Waals surface area contributed by atoms with E-state index in [9.17, 15) is 0 Å². The van der Waals surface area contributed by atoms with Crippen molar-refractivity contribution in [1.82, 2.24) is 14.8 Å². The van der Waals surface area contributed by atoms with E-state index >= 15 is 0 Å². The maximum atomic E-state index is 6.19. The van der Waals surface area contributed by atoms with Gasteiger partial charge in [0.1, 0.15) is 11.5 Å². The first-order valence-electron chi connectivity index (χ1n) is 16.6. The van der Waals surface area contributed by atoms with Crippen LogP contribution in [0.4, 0.5) is 0 Å². The van der Waals surface area contributed by atoms with Crippen LogP contribution in [0.15, 0.2) is 83.3 Å². The van der Waals surface area contributed by atoms with Crippen LogP contribution in [-0.4, -0.2) is 61.2 Å². The van der Waals surface area contributed by atoms with Crippen molar-refractivity contribution in [2.45, 2.75) is 57.5 Å². The van der Waals surface area contributed by atoms with Gasteiger partial charge in [-0.1, -0.05) is 43.3 Å². The Morgan fingerprint density at radius 1 is 0.778 bits per heavy atom. The number of aromatic nitrogens is 1. The number of H-pyrrole nitrogens is 1. The number of aryl methyl sites for hydroxylation is 1. The van der Waals surface area contributed by atoms with Crippen LogP contribution in [-0.2, 0) is 13.0 Å². The molecule has 1 N–H and O–H groups in total. The number of nitrogens with zero attached hydrogens (tertiary/aromatic N) is 2. The first kappa shape index (κ1) is 29.7. The van der Waals surface area contributed by atoms with Gasteiger partial charge in [-0.05, 0) is 105 Å². The molecule has 6 nitrogen and oxygen atoms in total. The third kappa shape index (κ3) is 6.14. The number of furan rings is 1. The molecule has 2 saturated heterocycles. The van der Waals surface area contributed by atoms with Crippen molar-refractivity contribution < 1.29 is 13.9 Å². The summed E-state index contributed by atoms with van der Waals surface area (Å²) >= 11 is 0. The molecular weight excluding hydrogens is 558 g/mol. The number of hydrogen-bond acceptors (Lipinski definition) is 5.